The third kappa shape index (κ3) is 7.38. The van der Waals surface area contributed by atoms with Crippen LogP contribution >= 0.6 is 11.6 Å². The molecular formula is C24H31ClN2O3. The van der Waals surface area contributed by atoms with Gasteiger partial charge in [0.25, 0.3) is 0 Å². The van der Waals surface area contributed by atoms with Gasteiger partial charge in [-0.15, -0.1) is 0 Å². The van der Waals surface area contributed by atoms with E-state index in [4.69, 9.17) is 16.3 Å². The third-order valence-corrected chi connectivity index (χ3v) is 5.08. The van der Waals surface area contributed by atoms with Gasteiger partial charge in [-0.05, 0) is 56.5 Å². The van der Waals surface area contributed by atoms with Crippen molar-refractivity contribution in [3.05, 3.63) is 64.7 Å². The second-order valence-corrected chi connectivity index (χ2v) is 7.67. The van der Waals surface area contributed by atoms with Gasteiger partial charge in [0.2, 0.25) is 11.8 Å². The van der Waals surface area contributed by atoms with Gasteiger partial charge < -0.3 is 15.0 Å². The average Bonchev–Trinajstić information content (AvgIpc) is 2.74. The highest BCUT2D eigenvalue weighted by molar-refractivity contribution is 6.30. The summed E-state index contributed by atoms with van der Waals surface area (Å²) in [4.78, 5) is 27.3. The van der Waals surface area contributed by atoms with Crippen LogP contribution < -0.4 is 10.1 Å². The summed E-state index contributed by atoms with van der Waals surface area (Å²) in [5.41, 5.74) is 2.11. The molecule has 0 aromatic heterocycles. The van der Waals surface area contributed by atoms with Crippen molar-refractivity contribution in [3.63, 3.8) is 0 Å². The van der Waals surface area contributed by atoms with Crippen LogP contribution in [0, 0.1) is 6.92 Å². The molecule has 2 rings (SSSR count). The van der Waals surface area contributed by atoms with Crippen molar-refractivity contribution in [1.82, 2.24) is 10.2 Å². The second kappa shape index (κ2) is 12.2. The van der Waals surface area contributed by atoms with Crippen molar-refractivity contribution in [2.45, 2.75) is 52.6 Å². The molecule has 5 nitrogen and oxygen atoms in total. The SMILES string of the molecule is CCNC(=O)[C@@H](CC)N(Cc1ccc(Cl)cc1)C(=O)CCCOc1ccc(C)cc1. The molecule has 30 heavy (non-hydrogen) atoms. The van der Waals surface area contributed by atoms with Crippen molar-refractivity contribution < 1.29 is 14.3 Å². The highest BCUT2D eigenvalue weighted by atomic mass is 35.5. The van der Waals surface area contributed by atoms with E-state index in [9.17, 15) is 9.59 Å². The number of ether oxygens (including phenoxy) is 1. The highest BCUT2D eigenvalue weighted by Crippen LogP contribution is 2.17. The fourth-order valence-corrected chi connectivity index (χ4v) is 3.32. The van der Waals surface area contributed by atoms with E-state index in [0.29, 0.717) is 44.0 Å². The van der Waals surface area contributed by atoms with Crippen LogP contribution in [0.5, 0.6) is 5.75 Å². The van der Waals surface area contributed by atoms with Crippen LogP contribution in [-0.4, -0.2) is 35.9 Å². The fourth-order valence-electron chi connectivity index (χ4n) is 3.19. The number of carbonyl (C=O) groups excluding carboxylic acids is 2. The first kappa shape index (κ1) is 23.7. The lowest BCUT2D eigenvalue weighted by Gasteiger charge is -2.30. The molecule has 0 unspecified atom stereocenters. The van der Waals surface area contributed by atoms with Gasteiger partial charge in [0.15, 0.2) is 0 Å². The molecule has 0 aliphatic rings. The van der Waals surface area contributed by atoms with Crippen LogP contribution in [0.2, 0.25) is 5.02 Å². The van der Waals surface area contributed by atoms with Gasteiger partial charge in [0.05, 0.1) is 6.61 Å². The number of carbonyl (C=O) groups is 2. The smallest absolute Gasteiger partial charge is 0.242 e. The summed E-state index contributed by atoms with van der Waals surface area (Å²) in [5.74, 6) is 0.605. The zero-order valence-electron chi connectivity index (χ0n) is 18.0. The quantitative estimate of drug-likeness (QED) is 0.523. The summed E-state index contributed by atoms with van der Waals surface area (Å²) in [5, 5.41) is 3.48. The molecule has 0 saturated heterocycles. The van der Waals surface area contributed by atoms with E-state index in [1.807, 2.05) is 57.2 Å². The Morgan fingerprint density at radius 1 is 1.07 bits per heavy atom. The molecule has 2 aromatic rings. The maximum atomic E-state index is 13.0. The van der Waals surface area contributed by atoms with Gasteiger partial charge in [-0.1, -0.05) is 48.4 Å². The minimum Gasteiger partial charge on any atom is -0.494 e. The molecule has 162 valence electrons. The second-order valence-electron chi connectivity index (χ2n) is 7.23. The van der Waals surface area contributed by atoms with Gasteiger partial charge in [-0.3, -0.25) is 9.59 Å². The summed E-state index contributed by atoms with van der Waals surface area (Å²) in [6.07, 6.45) is 1.44. The zero-order valence-corrected chi connectivity index (χ0v) is 18.7. The minimum atomic E-state index is -0.508. The van der Waals surface area contributed by atoms with E-state index >= 15 is 0 Å². The molecule has 2 aromatic carbocycles. The molecule has 2 amide bonds. The average molecular weight is 431 g/mol. The van der Waals surface area contributed by atoms with Crippen molar-refractivity contribution in [2.75, 3.05) is 13.2 Å². The number of likely N-dealkylation sites (N-methyl/N-ethyl adjacent to an activating group) is 1. The molecule has 0 fully saturated rings. The molecular weight excluding hydrogens is 400 g/mol. The molecule has 1 N–H and O–H groups in total. The van der Waals surface area contributed by atoms with Gasteiger partial charge in [-0.25, -0.2) is 0 Å². The van der Waals surface area contributed by atoms with Gasteiger partial charge >= 0.3 is 0 Å². The molecule has 0 heterocycles. The van der Waals surface area contributed by atoms with E-state index in [1.165, 1.54) is 5.56 Å². The Labute approximate surface area is 184 Å². The standard InChI is InChI=1S/C24H31ClN2O3/c1-4-22(24(29)26-5-2)27(17-19-10-12-20(25)13-11-19)23(28)7-6-16-30-21-14-8-18(3)9-15-21/h8-15,22H,4-7,16-17H2,1-3H3,(H,26,29)/t22-/m1/s1. The predicted molar refractivity (Wildman–Crippen MR) is 121 cm³/mol. The van der Waals surface area contributed by atoms with Crippen LogP contribution in [0.1, 0.15) is 44.2 Å². The zero-order chi connectivity index (χ0) is 21.9. The predicted octanol–water partition coefficient (Wildman–Crippen LogP) is 4.75. The topological polar surface area (TPSA) is 58.6 Å². The Kier molecular flexibility index (Phi) is 9.68. The number of rotatable bonds is 11. The number of hydrogen-bond acceptors (Lipinski definition) is 3. The maximum absolute atomic E-state index is 13.0. The third-order valence-electron chi connectivity index (χ3n) is 4.83. The summed E-state index contributed by atoms with van der Waals surface area (Å²) in [6.45, 7) is 7.16. The van der Waals surface area contributed by atoms with Crippen LogP contribution in [0.3, 0.4) is 0 Å². The lowest BCUT2D eigenvalue weighted by Crippen LogP contribution is -2.49. The van der Waals surface area contributed by atoms with Crippen LogP contribution in [-0.2, 0) is 16.1 Å². The number of amides is 2. The van der Waals surface area contributed by atoms with E-state index in [-0.39, 0.29) is 11.8 Å². The largest absolute Gasteiger partial charge is 0.494 e. The molecule has 1 atom stereocenters. The number of aryl methyl sites for hydroxylation is 1. The Morgan fingerprint density at radius 3 is 2.33 bits per heavy atom. The van der Waals surface area contributed by atoms with E-state index in [0.717, 1.165) is 11.3 Å². The van der Waals surface area contributed by atoms with Crippen molar-refractivity contribution in [2.24, 2.45) is 0 Å². The first-order valence-electron chi connectivity index (χ1n) is 10.5. The minimum absolute atomic E-state index is 0.0597. The summed E-state index contributed by atoms with van der Waals surface area (Å²) in [7, 11) is 0. The van der Waals surface area contributed by atoms with Gasteiger partial charge in [-0.2, -0.15) is 0 Å². The summed E-state index contributed by atoms with van der Waals surface area (Å²) < 4.78 is 5.73. The Bertz CT molecular complexity index is 806. The summed E-state index contributed by atoms with van der Waals surface area (Å²) in [6, 6.07) is 14.7. The van der Waals surface area contributed by atoms with Gasteiger partial charge in [0.1, 0.15) is 11.8 Å². The number of halogens is 1. The first-order valence-corrected chi connectivity index (χ1v) is 10.8. The highest BCUT2D eigenvalue weighted by Gasteiger charge is 2.27. The van der Waals surface area contributed by atoms with Crippen LogP contribution in [0.15, 0.2) is 48.5 Å². The lowest BCUT2D eigenvalue weighted by molar-refractivity contribution is -0.141. The van der Waals surface area contributed by atoms with Crippen LogP contribution in [0.25, 0.3) is 0 Å². The molecule has 0 aliphatic carbocycles. The first-order chi connectivity index (χ1) is 14.4. The van der Waals surface area contributed by atoms with E-state index < -0.39 is 6.04 Å². The fraction of sp³-hybridized carbons (Fsp3) is 0.417. The van der Waals surface area contributed by atoms with Crippen molar-refractivity contribution in [1.29, 1.82) is 0 Å². The molecule has 0 bridgehead atoms. The van der Waals surface area contributed by atoms with E-state index in [1.54, 1.807) is 17.0 Å². The van der Waals surface area contributed by atoms with Crippen LogP contribution in [0.4, 0.5) is 0 Å². The monoisotopic (exact) mass is 430 g/mol. The lowest BCUT2D eigenvalue weighted by atomic mass is 10.1. The Morgan fingerprint density at radius 2 is 1.73 bits per heavy atom. The molecule has 0 saturated carbocycles. The summed E-state index contributed by atoms with van der Waals surface area (Å²) >= 11 is 5.98. The molecule has 0 radical (unpaired) electrons. The van der Waals surface area contributed by atoms with E-state index in [2.05, 4.69) is 5.32 Å². The van der Waals surface area contributed by atoms with Crippen molar-refractivity contribution in [3.8, 4) is 5.75 Å². The van der Waals surface area contributed by atoms with Gasteiger partial charge in [0, 0.05) is 24.5 Å². The Balaban J connectivity index is 2.01. The van der Waals surface area contributed by atoms with Crippen molar-refractivity contribution >= 4 is 23.4 Å². The number of benzene rings is 2. The molecule has 0 aliphatic heterocycles. The molecule has 6 heteroatoms. The molecule has 0 spiro atoms. The number of hydrogen-bond donors (Lipinski definition) is 1. The normalized spacial score (nSPS) is 11.6. The number of nitrogens with one attached hydrogen (secondary N) is 1. The Hall–Kier alpha value is -2.53. The maximum Gasteiger partial charge on any atom is 0.242 e. The number of nitrogens with zero attached hydrogens (tertiary/aromatic N) is 1.